The molecule has 128 valence electrons. The lowest BCUT2D eigenvalue weighted by Crippen LogP contribution is -2.37. The van der Waals surface area contributed by atoms with Crippen molar-refractivity contribution in [3.63, 3.8) is 0 Å². The summed E-state index contributed by atoms with van der Waals surface area (Å²) >= 11 is 6.11. The summed E-state index contributed by atoms with van der Waals surface area (Å²) in [6.45, 7) is 3.51. The number of rotatable bonds is 6. The second kappa shape index (κ2) is 7.79. The van der Waals surface area contributed by atoms with E-state index in [1.165, 1.54) is 17.9 Å². The lowest BCUT2D eigenvalue weighted by atomic mass is 10.2. The van der Waals surface area contributed by atoms with Gasteiger partial charge >= 0.3 is 0 Å². The quantitative estimate of drug-likeness (QED) is 0.854. The third-order valence-corrected chi connectivity index (χ3v) is 5.23. The first-order valence-corrected chi connectivity index (χ1v) is 9.26. The van der Waals surface area contributed by atoms with E-state index in [-0.39, 0.29) is 23.9 Å². The van der Waals surface area contributed by atoms with Crippen molar-refractivity contribution in [2.45, 2.75) is 18.7 Å². The number of sulfonamides is 1. The Bertz CT molecular complexity index is 837. The van der Waals surface area contributed by atoms with E-state index in [2.05, 4.69) is 4.72 Å². The number of amides is 1. The van der Waals surface area contributed by atoms with Crippen LogP contribution < -0.4 is 9.62 Å². The van der Waals surface area contributed by atoms with Crippen LogP contribution in [-0.2, 0) is 14.8 Å². The van der Waals surface area contributed by atoms with E-state index in [1.807, 2.05) is 13.0 Å². The van der Waals surface area contributed by atoms with Gasteiger partial charge in [-0.15, -0.1) is 0 Å². The molecule has 0 fully saturated rings. The Hall–Kier alpha value is -1.89. The highest BCUT2D eigenvalue weighted by atomic mass is 35.5. The van der Waals surface area contributed by atoms with Gasteiger partial charge in [0, 0.05) is 20.0 Å². The van der Waals surface area contributed by atoms with Gasteiger partial charge in [-0.2, -0.15) is 0 Å². The van der Waals surface area contributed by atoms with E-state index in [9.17, 15) is 13.2 Å². The highest BCUT2D eigenvalue weighted by Crippen LogP contribution is 2.25. The average Bonchev–Trinajstić information content (AvgIpc) is 2.52. The third kappa shape index (κ3) is 4.56. The van der Waals surface area contributed by atoms with E-state index in [1.54, 1.807) is 36.4 Å². The van der Waals surface area contributed by atoms with Crippen molar-refractivity contribution in [1.29, 1.82) is 0 Å². The molecular weight excluding hydrogens is 348 g/mol. The van der Waals surface area contributed by atoms with Gasteiger partial charge in [-0.3, -0.25) is 4.79 Å². The van der Waals surface area contributed by atoms with Crippen molar-refractivity contribution < 1.29 is 13.2 Å². The molecule has 5 nitrogen and oxygen atoms in total. The fourth-order valence-corrected chi connectivity index (χ4v) is 3.64. The average molecular weight is 367 g/mol. The predicted octanol–water partition coefficient (Wildman–Crippen LogP) is 2.98. The van der Waals surface area contributed by atoms with Gasteiger partial charge in [0.15, 0.2) is 0 Å². The molecule has 0 atom stereocenters. The number of halogens is 1. The minimum atomic E-state index is -3.62. The van der Waals surface area contributed by atoms with Gasteiger partial charge < -0.3 is 4.90 Å². The SMILES string of the molecule is CC(=O)N(CCNS(=O)(=O)c1cccc(C)c1)c1ccccc1Cl. The molecule has 0 saturated heterocycles. The second-order valence-electron chi connectivity index (χ2n) is 5.34. The van der Waals surface area contributed by atoms with E-state index < -0.39 is 10.0 Å². The summed E-state index contributed by atoms with van der Waals surface area (Å²) < 4.78 is 27.1. The van der Waals surface area contributed by atoms with Crippen LogP contribution in [-0.4, -0.2) is 27.4 Å². The first-order valence-electron chi connectivity index (χ1n) is 7.40. The molecule has 1 amide bonds. The van der Waals surface area contributed by atoms with Crippen molar-refractivity contribution in [2.24, 2.45) is 0 Å². The van der Waals surface area contributed by atoms with Crippen LogP contribution in [0.4, 0.5) is 5.69 Å². The number of anilines is 1. The molecule has 2 aromatic carbocycles. The fourth-order valence-electron chi connectivity index (χ4n) is 2.28. The highest BCUT2D eigenvalue weighted by molar-refractivity contribution is 7.89. The summed E-state index contributed by atoms with van der Waals surface area (Å²) in [5.74, 6) is -0.210. The summed E-state index contributed by atoms with van der Waals surface area (Å²) in [5, 5.41) is 0.439. The van der Waals surface area contributed by atoms with Gasteiger partial charge in [0.2, 0.25) is 15.9 Å². The maximum atomic E-state index is 12.3. The van der Waals surface area contributed by atoms with Crippen molar-refractivity contribution in [1.82, 2.24) is 4.72 Å². The van der Waals surface area contributed by atoms with E-state index >= 15 is 0 Å². The Morgan fingerprint density at radius 1 is 1.17 bits per heavy atom. The summed E-state index contributed by atoms with van der Waals surface area (Å²) in [6.07, 6.45) is 0. The number of para-hydroxylation sites is 1. The smallest absolute Gasteiger partial charge is 0.240 e. The van der Waals surface area contributed by atoms with E-state index in [0.29, 0.717) is 10.7 Å². The Kier molecular flexibility index (Phi) is 5.99. The second-order valence-corrected chi connectivity index (χ2v) is 7.51. The van der Waals surface area contributed by atoms with E-state index in [0.717, 1.165) is 5.56 Å². The Morgan fingerprint density at radius 2 is 1.88 bits per heavy atom. The predicted molar refractivity (Wildman–Crippen MR) is 95.8 cm³/mol. The molecule has 0 heterocycles. The highest BCUT2D eigenvalue weighted by Gasteiger charge is 2.17. The molecule has 0 bridgehead atoms. The summed E-state index contributed by atoms with van der Waals surface area (Å²) in [5.41, 5.74) is 1.42. The first kappa shape index (κ1) is 18.4. The molecule has 2 aromatic rings. The van der Waals surface area contributed by atoms with Crippen molar-refractivity contribution in [2.75, 3.05) is 18.0 Å². The number of carbonyl (C=O) groups excluding carboxylic acids is 1. The summed E-state index contributed by atoms with van der Waals surface area (Å²) in [7, 11) is -3.62. The molecule has 1 N–H and O–H groups in total. The van der Waals surface area contributed by atoms with Crippen LogP contribution in [0, 0.1) is 6.92 Å². The number of nitrogens with zero attached hydrogens (tertiary/aromatic N) is 1. The molecule has 0 spiro atoms. The number of benzene rings is 2. The minimum Gasteiger partial charge on any atom is -0.310 e. The molecule has 0 aliphatic carbocycles. The van der Waals surface area contributed by atoms with Crippen LogP contribution in [0.3, 0.4) is 0 Å². The fraction of sp³-hybridized carbons (Fsp3) is 0.235. The molecule has 2 rings (SSSR count). The molecule has 24 heavy (non-hydrogen) atoms. The maximum Gasteiger partial charge on any atom is 0.240 e. The molecule has 0 radical (unpaired) electrons. The van der Waals surface area contributed by atoms with Gasteiger partial charge in [0.1, 0.15) is 0 Å². The van der Waals surface area contributed by atoms with Crippen LogP contribution in [0.5, 0.6) is 0 Å². The largest absolute Gasteiger partial charge is 0.310 e. The lowest BCUT2D eigenvalue weighted by Gasteiger charge is -2.22. The van der Waals surface area contributed by atoms with Gasteiger partial charge in [0.05, 0.1) is 15.6 Å². The van der Waals surface area contributed by atoms with Crippen molar-refractivity contribution in [3.8, 4) is 0 Å². The zero-order valence-corrected chi connectivity index (χ0v) is 15.1. The van der Waals surface area contributed by atoms with Crippen LogP contribution in [0.1, 0.15) is 12.5 Å². The Labute approximate surface area is 147 Å². The Balaban J connectivity index is 2.08. The molecule has 0 aromatic heterocycles. The topological polar surface area (TPSA) is 66.5 Å². The third-order valence-electron chi connectivity index (χ3n) is 3.45. The zero-order chi connectivity index (χ0) is 17.7. The number of hydrogen-bond donors (Lipinski definition) is 1. The first-order chi connectivity index (χ1) is 11.3. The van der Waals surface area contributed by atoms with Gasteiger partial charge in [0.25, 0.3) is 0 Å². The van der Waals surface area contributed by atoms with E-state index in [4.69, 9.17) is 11.6 Å². The maximum absolute atomic E-state index is 12.3. The molecule has 0 aliphatic heterocycles. The molecule has 7 heteroatoms. The lowest BCUT2D eigenvalue weighted by molar-refractivity contribution is -0.116. The monoisotopic (exact) mass is 366 g/mol. The van der Waals surface area contributed by atoms with Crippen LogP contribution >= 0.6 is 11.6 Å². The number of carbonyl (C=O) groups is 1. The normalized spacial score (nSPS) is 11.3. The standard InChI is InChI=1S/C17H19ClN2O3S/c1-13-6-5-7-15(12-13)24(22,23)19-10-11-20(14(2)21)17-9-4-3-8-16(17)18/h3-9,12,19H,10-11H2,1-2H3. The zero-order valence-electron chi connectivity index (χ0n) is 13.5. The summed E-state index contributed by atoms with van der Waals surface area (Å²) in [4.78, 5) is 13.5. The van der Waals surface area contributed by atoms with Gasteiger partial charge in [-0.05, 0) is 36.8 Å². The van der Waals surface area contributed by atoms with Gasteiger partial charge in [-0.25, -0.2) is 13.1 Å². The van der Waals surface area contributed by atoms with Crippen LogP contribution in [0.25, 0.3) is 0 Å². The summed E-state index contributed by atoms with van der Waals surface area (Å²) in [6, 6.07) is 13.6. The van der Waals surface area contributed by atoms with Crippen molar-refractivity contribution in [3.05, 3.63) is 59.1 Å². The van der Waals surface area contributed by atoms with Crippen LogP contribution in [0.2, 0.25) is 5.02 Å². The van der Waals surface area contributed by atoms with Crippen molar-refractivity contribution >= 4 is 33.2 Å². The minimum absolute atomic E-state index is 0.0844. The molecule has 0 unspecified atom stereocenters. The number of nitrogens with one attached hydrogen (secondary N) is 1. The van der Waals surface area contributed by atoms with Gasteiger partial charge in [-0.1, -0.05) is 35.9 Å². The molecule has 0 aliphatic rings. The molecular formula is C17H19ClN2O3S. The number of aryl methyl sites for hydroxylation is 1. The van der Waals surface area contributed by atoms with Crippen LogP contribution in [0.15, 0.2) is 53.4 Å². The number of hydrogen-bond acceptors (Lipinski definition) is 3. The Morgan fingerprint density at radius 3 is 2.50 bits per heavy atom. The molecule has 0 saturated carbocycles.